The molecule has 1 aromatic rings. The quantitative estimate of drug-likeness (QED) is 0.655. The van der Waals surface area contributed by atoms with E-state index in [-0.39, 0.29) is 18.9 Å². The van der Waals surface area contributed by atoms with Crippen molar-refractivity contribution >= 4 is 27.3 Å². The van der Waals surface area contributed by atoms with Gasteiger partial charge in [0, 0.05) is 32.6 Å². The molecule has 0 saturated carbocycles. The van der Waals surface area contributed by atoms with Gasteiger partial charge in [-0.05, 0) is 18.6 Å². The van der Waals surface area contributed by atoms with Crippen LogP contribution < -0.4 is 14.5 Å². The van der Waals surface area contributed by atoms with Crippen LogP contribution in [0.2, 0.25) is 0 Å². The SMILES string of the molecule is CCCCNC(=O)CCN(c1ccccc1N1CCOCC1)S(C)(=O)=O. The standard InChI is InChI=1S/C18H29N3O4S/c1-3-4-10-19-18(22)9-11-21(26(2,23)24)17-8-6-5-7-16(17)20-12-14-25-15-13-20/h5-8H,3-4,9-15H2,1-2H3,(H,19,22). The van der Waals surface area contributed by atoms with Gasteiger partial charge in [-0.3, -0.25) is 9.10 Å². The van der Waals surface area contributed by atoms with Crippen molar-refractivity contribution in [2.45, 2.75) is 26.2 Å². The van der Waals surface area contributed by atoms with Crippen molar-refractivity contribution in [2.75, 3.05) is 54.9 Å². The number of hydrogen-bond acceptors (Lipinski definition) is 5. The van der Waals surface area contributed by atoms with Gasteiger partial charge in [-0.25, -0.2) is 8.42 Å². The first kappa shape index (κ1) is 20.5. The predicted octanol–water partition coefficient (Wildman–Crippen LogP) is 1.60. The van der Waals surface area contributed by atoms with Crippen LogP contribution in [-0.4, -0.2) is 60.0 Å². The molecule has 0 aromatic heterocycles. The second kappa shape index (κ2) is 9.78. The molecule has 0 spiro atoms. The summed E-state index contributed by atoms with van der Waals surface area (Å²) < 4.78 is 31.5. The maximum atomic E-state index is 12.4. The van der Waals surface area contributed by atoms with Gasteiger partial charge in [-0.2, -0.15) is 0 Å². The van der Waals surface area contributed by atoms with E-state index in [4.69, 9.17) is 4.74 Å². The molecule has 1 saturated heterocycles. The van der Waals surface area contributed by atoms with Gasteiger partial charge in [0.1, 0.15) is 0 Å². The molecule has 7 nitrogen and oxygen atoms in total. The average molecular weight is 384 g/mol. The molecular formula is C18H29N3O4S. The first-order chi connectivity index (χ1) is 12.4. The van der Waals surface area contributed by atoms with Crippen LogP contribution in [0.3, 0.4) is 0 Å². The van der Waals surface area contributed by atoms with E-state index in [0.717, 1.165) is 18.5 Å². The van der Waals surface area contributed by atoms with Crippen LogP contribution in [0.4, 0.5) is 11.4 Å². The smallest absolute Gasteiger partial charge is 0.232 e. The first-order valence-corrected chi connectivity index (χ1v) is 10.9. The number of nitrogens with one attached hydrogen (secondary N) is 1. The van der Waals surface area contributed by atoms with Gasteiger partial charge >= 0.3 is 0 Å². The van der Waals surface area contributed by atoms with E-state index in [1.807, 2.05) is 18.2 Å². The molecule has 2 rings (SSSR count). The third-order valence-corrected chi connectivity index (χ3v) is 5.48. The lowest BCUT2D eigenvalue weighted by atomic mass is 10.2. The lowest BCUT2D eigenvalue weighted by molar-refractivity contribution is -0.120. The molecular weight excluding hydrogens is 354 g/mol. The number of anilines is 2. The van der Waals surface area contributed by atoms with Crippen molar-refractivity contribution in [1.29, 1.82) is 0 Å². The number of unbranched alkanes of at least 4 members (excludes halogenated alkanes) is 1. The highest BCUT2D eigenvalue weighted by atomic mass is 32.2. The fourth-order valence-corrected chi connectivity index (χ4v) is 3.84. The van der Waals surface area contributed by atoms with E-state index in [1.54, 1.807) is 6.07 Å². The van der Waals surface area contributed by atoms with Crippen LogP contribution in [0.25, 0.3) is 0 Å². The summed E-state index contributed by atoms with van der Waals surface area (Å²) in [7, 11) is -3.50. The van der Waals surface area contributed by atoms with Crippen LogP contribution in [0.15, 0.2) is 24.3 Å². The minimum absolute atomic E-state index is 0.123. The molecule has 1 fully saturated rings. The third-order valence-electron chi connectivity index (χ3n) is 4.30. The molecule has 0 atom stereocenters. The van der Waals surface area contributed by atoms with E-state index in [9.17, 15) is 13.2 Å². The molecule has 1 N–H and O–H groups in total. The first-order valence-electron chi connectivity index (χ1n) is 9.09. The summed E-state index contributed by atoms with van der Waals surface area (Å²) in [5.74, 6) is -0.129. The molecule has 0 radical (unpaired) electrons. The van der Waals surface area contributed by atoms with Crippen LogP contribution in [0, 0.1) is 0 Å². The minimum atomic E-state index is -3.50. The maximum Gasteiger partial charge on any atom is 0.232 e. The molecule has 8 heteroatoms. The number of carbonyl (C=O) groups excluding carboxylic acids is 1. The molecule has 0 bridgehead atoms. The Morgan fingerprint density at radius 1 is 1.27 bits per heavy atom. The topological polar surface area (TPSA) is 79.0 Å². The van der Waals surface area contributed by atoms with Crippen molar-refractivity contribution in [3.05, 3.63) is 24.3 Å². The number of para-hydroxylation sites is 2. The zero-order valence-corrected chi connectivity index (χ0v) is 16.4. The highest BCUT2D eigenvalue weighted by Gasteiger charge is 2.24. The van der Waals surface area contributed by atoms with E-state index < -0.39 is 10.0 Å². The molecule has 1 aliphatic rings. The molecule has 1 heterocycles. The van der Waals surface area contributed by atoms with Crippen LogP contribution in [-0.2, 0) is 19.6 Å². The van der Waals surface area contributed by atoms with Crippen molar-refractivity contribution < 1.29 is 17.9 Å². The Kier molecular flexibility index (Phi) is 7.71. The Morgan fingerprint density at radius 2 is 1.96 bits per heavy atom. The van der Waals surface area contributed by atoms with Gasteiger partial charge in [-0.15, -0.1) is 0 Å². The fourth-order valence-electron chi connectivity index (χ4n) is 2.91. The number of benzene rings is 1. The summed E-state index contributed by atoms with van der Waals surface area (Å²) in [5.41, 5.74) is 1.46. The Morgan fingerprint density at radius 3 is 2.62 bits per heavy atom. The highest BCUT2D eigenvalue weighted by Crippen LogP contribution is 2.31. The number of hydrogen-bond donors (Lipinski definition) is 1. The van der Waals surface area contributed by atoms with Crippen LogP contribution in [0.1, 0.15) is 26.2 Å². The number of nitrogens with zero attached hydrogens (tertiary/aromatic N) is 2. The summed E-state index contributed by atoms with van der Waals surface area (Å²) in [5, 5.41) is 2.83. The van der Waals surface area contributed by atoms with Crippen LogP contribution >= 0.6 is 0 Å². The molecule has 26 heavy (non-hydrogen) atoms. The molecule has 0 unspecified atom stereocenters. The number of ether oxygens (including phenoxy) is 1. The summed E-state index contributed by atoms with van der Waals surface area (Å²) in [6.07, 6.45) is 3.23. The molecule has 1 aliphatic heterocycles. The molecule has 146 valence electrons. The second-order valence-electron chi connectivity index (χ2n) is 6.38. The lowest BCUT2D eigenvalue weighted by Crippen LogP contribution is -2.39. The fraction of sp³-hybridized carbons (Fsp3) is 0.611. The molecule has 1 aromatic carbocycles. The highest BCUT2D eigenvalue weighted by molar-refractivity contribution is 7.92. The Labute approximate surface area is 156 Å². The minimum Gasteiger partial charge on any atom is -0.378 e. The average Bonchev–Trinajstić information content (AvgIpc) is 2.62. The van der Waals surface area contributed by atoms with Crippen molar-refractivity contribution in [3.8, 4) is 0 Å². The summed E-state index contributed by atoms with van der Waals surface area (Å²) in [4.78, 5) is 14.1. The van der Waals surface area contributed by atoms with E-state index in [2.05, 4.69) is 17.1 Å². The third kappa shape index (κ3) is 5.88. The number of morpholine rings is 1. The van der Waals surface area contributed by atoms with Crippen LogP contribution in [0.5, 0.6) is 0 Å². The zero-order valence-electron chi connectivity index (χ0n) is 15.6. The summed E-state index contributed by atoms with van der Waals surface area (Å²) in [6.45, 7) is 5.47. The maximum absolute atomic E-state index is 12.4. The van der Waals surface area contributed by atoms with Crippen molar-refractivity contribution in [1.82, 2.24) is 5.32 Å². The molecule has 0 aliphatic carbocycles. The van der Waals surface area contributed by atoms with Gasteiger partial charge in [0.2, 0.25) is 15.9 Å². The van der Waals surface area contributed by atoms with Gasteiger partial charge < -0.3 is 15.0 Å². The second-order valence-corrected chi connectivity index (χ2v) is 8.28. The zero-order chi connectivity index (χ0) is 19.0. The lowest BCUT2D eigenvalue weighted by Gasteiger charge is -2.33. The van der Waals surface area contributed by atoms with Crippen molar-refractivity contribution in [2.24, 2.45) is 0 Å². The van der Waals surface area contributed by atoms with Gasteiger partial charge in [0.05, 0.1) is 30.8 Å². The largest absolute Gasteiger partial charge is 0.378 e. The Hall–Kier alpha value is -1.80. The van der Waals surface area contributed by atoms with Gasteiger partial charge in [0.15, 0.2) is 0 Å². The Bertz CT molecular complexity index is 687. The number of rotatable bonds is 9. The molecule has 1 amide bonds. The number of sulfonamides is 1. The summed E-state index contributed by atoms with van der Waals surface area (Å²) >= 11 is 0. The predicted molar refractivity (Wildman–Crippen MR) is 104 cm³/mol. The number of carbonyl (C=O) groups is 1. The van der Waals surface area contributed by atoms with Gasteiger partial charge in [0.25, 0.3) is 0 Å². The summed E-state index contributed by atoms with van der Waals surface area (Å²) in [6, 6.07) is 7.42. The van der Waals surface area contributed by atoms with E-state index in [0.29, 0.717) is 38.5 Å². The van der Waals surface area contributed by atoms with E-state index in [1.165, 1.54) is 10.6 Å². The Balaban J connectivity index is 2.16. The van der Waals surface area contributed by atoms with Gasteiger partial charge in [-0.1, -0.05) is 25.5 Å². The van der Waals surface area contributed by atoms with E-state index >= 15 is 0 Å². The monoisotopic (exact) mass is 383 g/mol. The normalized spacial score (nSPS) is 14.9. The number of amides is 1. The van der Waals surface area contributed by atoms with Crippen molar-refractivity contribution in [3.63, 3.8) is 0 Å².